The number of fused-ring (bicyclic) bond motifs is 1. The van der Waals surface area contributed by atoms with Crippen LogP contribution in [-0.4, -0.2) is 4.98 Å². The van der Waals surface area contributed by atoms with Crippen LogP contribution in [0.5, 0.6) is 0 Å². The van der Waals surface area contributed by atoms with Gasteiger partial charge < -0.3 is 5.73 Å². The first-order chi connectivity index (χ1) is 9.22. The Bertz CT molecular complexity index is 691. The second kappa shape index (κ2) is 5.41. The van der Waals surface area contributed by atoms with Gasteiger partial charge in [0.1, 0.15) is 0 Å². The molecule has 0 unspecified atom stereocenters. The van der Waals surface area contributed by atoms with E-state index in [1.165, 1.54) is 4.70 Å². The molecule has 0 aliphatic carbocycles. The number of anilines is 1. The summed E-state index contributed by atoms with van der Waals surface area (Å²) >= 11 is 9.30. The van der Waals surface area contributed by atoms with Crippen LogP contribution in [0.1, 0.15) is 5.56 Å². The summed E-state index contributed by atoms with van der Waals surface area (Å²) in [5.74, 6) is 0.808. The Morgan fingerprint density at radius 1 is 1.21 bits per heavy atom. The van der Waals surface area contributed by atoms with Crippen LogP contribution < -0.4 is 5.73 Å². The van der Waals surface area contributed by atoms with E-state index in [0.717, 1.165) is 26.9 Å². The lowest BCUT2D eigenvalue weighted by molar-refractivity contribution is 1.29. The third kappa shape index (κ3) is 2.86. The average Bonchev–Trinajstić information content (AvgIpc) is 2.80. The van der Waals surface area contributed by atoms with Crippen LogP contribution in [-0.2, 0) is 5.75 Å². The summed E-state index contributed by atoms with van der Waals surface area (Å²) in [6.07, 6.45) is 0. The Labute approximate surface area is 124 Å². The van der Waals surface area contributed by atoms with Gasteiger partial charge in [0.05, 0.1) is 10.2 Å². The highest BCUT2D eigenvalue weighted by Crippen LogP contribution is 2.32. The Morgan fingerprint density at radius 3 is 2.84 bits per heavy atom. The zero-order chi connectivity index (χ0) is 13.2. The molecular weight excluding hydrogens is 296 g/mol. The second-order valence-electron chi connectivity index (χ2n) is 4.08. The zero-order valence-electron chi connectivity index (χ0n) is 9.97. The molecule has 2 nitrogen and oxygen atoms in total. The van der Waals surface area contributed by atoms with E-state index in [-0.39, 0.29) is 0 Å². The Kier molecular flexibility index (Phi) is 3.64. The van der Waals surface area contributed by atoms with E-state index in [1.54, 1.807) is 29.2 Å². The van der Waals surface area contributed by atoms with Crippen molar-refractivity contribution in [2.75, 3.05) is 5.73 Å². The molecule has 0 aliphatic rings. The molecule has 0 radical (unpaired) electrons. The van der Waals surface area contributed by atoms with Crippen molar-refractivity contribution in [2.24, 2.45) is 0 Å². The van der Waals surface area contributed by atoms with Crippen LogP contribution in [0.25, 0.3) is 10.2 Å². The van der Waals surface area contributed by atoms with Gasteiger partial charge in [-0.1, -0.05) is 41.6 Å². The molecule has 5 heteroatoms. The zero-order valence-corrected chi connectivity index (χ0v) is 12.4. The summed E-state index contributed by atoms with van der Waals surface area (Å²) in [7, 11) is 0. The molecule has 0 bridgehead atoms. The van der Waals surface area contributed by atoms with Gasteiger partial charge in [0, 0.05) is 16.5 Å². The summed E-state index contributed by atoms with van der Waals surface area (Å²) in [5, 5.41) is 0.672. The highest BCUT2D eigenvalue weighted by atomic mass is 35.5. The van der Waals surface area contributed by atoms with Crippen LogP contribution in [0.3, 0.4) is 0 Å². The van der Waals surface area contributed by atoms with E-state index in [0.29, 0.717) is 5.02 Å². The van der Waals surface area contributed by atoms with E-state index in [1.807, 2.05) is 30.3 Å². The molecule has 1 heterocycles. The van der Waals surface area contributed by atoms with Crippen LogP contribution in [0.2, 0.25) is 5.02 Å². The maximum Gasteiger partial charge on any atom is 0.151 e. The molecule has 0 fully saturated rings. The Balaban J connectivity index is 1.78. The van der Waals surface area contributed by atoms with Crippen LogP contribution in [0, 0.1) is 0 Å². The van der Waals surface area contributed by atoms with Crippen LogP contribution in [0.15, 0.2) is 46.8 Å². The highest BCUT2D eigenvalue weighted by molar-refractivity contribution is 8.00. The number of benzene rings is 2. The fraction of sp³-hybridized carbons (Fsp3) is 0.0714. The van der Waals surface area contributed by atoms with Crippen molar-refractivity contribution in [1.82, 2.24) is 4.98 Å². The van der Waals surface area contributed by atoms with E-state index in [2.05, 4.69) is 11.1 Å². The molecule has 0 aliphatic heterocycles. The smallest absolute Gasteiger partial charge is 0.151 e. The number of halogens is 1. The summed E-state index contributed by atoms with van der Waals surface area (Å²) in [4.78, 5) is 4.59. The Morgan fingerprint density at radius 2 is 2.05 bits per heavy atom. The highest BCUT2D eigenvalue weighted by Gasteiger charge is 2.06. The molecule has 0 spiro atoms. The quantitative estimate of drug-likeness (QED) is 0.557. The summed E-state index contributed by atoms with van der Waals surface area (Å²) in [5.41, 5.74) is 8.83. The minimum Gasteiger partial charge on any atom is -0.398 e. The number of nitrogens with zero attached hydrogens (tertiary/aromatic N) is 1. The number of aromatic nitrogens is 1. The molecular formula is C14H11ClN2S2. The van der Waals surface area contributed by atoms with Crippen LogP contribution >= 0.6 is 34.7 Å². The van der Waals surface area contributed by atoms with Gasteiger partial charge in [-0.15, -0.1) is 11.3 Å². The number of rotatable bonds is 3. The second-order valence-corrected chi connectivity index (χ2v) is 6.77. The largest absolute Gasteiger partial charge is 0.398 e. The lowest BCUT2D eigenvalue weighted by atomic mass is 10.2. The molecule has 3 rings (SSSR count). The first kappa shape index (κ1) is 12.8. The lowest BCUT2D eigenvalue weighted by Gasteiger charge is -2.04. The minimum absolute atomic E-state index is 0.672. The number of hydrogen-bond acceptors (Lipinski definition) is 4. The van der Waals surface area contributed by atoms with Gasteiger partial charge in [0.15, 0.2) is 4.34 Å². The molecule has 19 heavy (non-hydrogen) atoms. The van der Waals surface area contributed by atoms with Gasteiger partial charge in [0.2, 0.25) is 0 Å². The normalized spacial score (nSPS) is 11.0. The van der Waals surface area contributed by atoms with Crippen LogP contribution in [0.4, 0.5) is 5.69 Å². The van der Waals surface area contributed by atoms with Crippen molar-refractivity contribution in [1.29, 1.82) is 0 Å². The predicted octanol–water partition coefficient (Wildman–Crippen LogP) is 4.82. The van der Waals surface area contributed by atoms with Crippen molar-refractivity contribution >= 4 is 50.6 Å². The average molecular weight is 307 g/mol. The molecule has 2 N–H and O–H groups in total. The van der Waals surface area contributed by atoms with Gasteiger partial charge in [0.25, 0.3) is 0 Å². The number of nitrogens with two attached hydrogens (primary N) is 1. The van der Waals surface area contributed by atoms with Crippen molar-refractivity contribution < 1.29 is 0 Å². The monoisotopic (exact) mass is 306 g/mol. The Hall–Kier alpha value is -1.23. The first-order valence-electron chi connectivity index (χ1n) is 5.74. The van der Waals surface area contributed by atoms with Gasteiger partial charge >= 0.3 is 0 Å². The number of para-hydroxylation sites is 1. The van der Waals surface area contributed by atoms with E-state index in [9.17, 15) is 0 Å². The molecule has 0 saturated carbocycles. The van der Waals surface area contributed by atoms with Gasteiger partial charge in [-0.25, -0.2) is 4.98 Å². The van der Waals surface area contributed by atoms with E-state index < -0.39 is 0 Å². The molecule has 2 aromatic carbocycles. The topological polar surface area (TPSA) is 38.9 Å². The summed E-state index contributed by atoms with van der Waals surface area (Å²) < 4.78 is 2.28. The standard InChI is InChI=1S/C14H11ClN2S2/c15-10-6-5-9(11(16)7-10)8-18-14-17-12-3-1-2-4-13(12)19-14/h1-7H,8,16H2. The molecule has 96 valence electrons. The molecule has 0 amide bonds. The van der Waals surface area contributed by atoms with Crippen molar-refractivity contribution in [2.45, 2.75) is 10.1 Å². The fourth-order valence-corrected chi connectivity index (χ4v) is 4.01. The van der Waals surface area contributed by atoms with Gasteiger partial charge in [-0.2, -0.15) is 0 Å². The number of thioether (sulfide) groups is 1. The van der Waals surface area contributed by atoms with Gasteiger partial charge in [-0.3, -0.25) is 0 Å². The maximum absolute atomic E-state index is 5.95. The number of thiazole rings is 1. The van der Waals surface area contributed by atoms with E-state index in [4.69, 9.17) is 17.3 Å². The minimum atomic E-state index is 0.672. The third-order valence-corrected chi connectivity index (χ3v) is 5.20. The van der Waals surface area contributed by atoms with Crippen molar-refractivity contribution in [3.05, 3.63) is 53.1 Å². The van der Waals surface area contributed by atoms with Gasteiger partial charge in [-0.05, 0) is 29.8 Å². The summed E-state index contributed by atoms with van der Waals surface area (Å²) in [6.45, 7) is 0. The SMILES string of the molecule is Nc1cc(Cl)ccc1CSc1nc2ccccc2s1. The molecule has 0 saturated heterocycles. The number of hydrogen-bond donors (Lipinski definition) is 1. The summed E-state index contributed by atoms with van der Waals surface area (Å²) in [6, 6.07) is 13.8. The third-order valence-electron chi connectivity index (χ3n) is 2.73. The fourth-order valence-electron chi connectivity index (χ4n) is 1.75. The van der Waals surface area contributed by atoms with Crippen molar-refractivity contribution in [3.63, 3.8) is 0 Å². The predicted molar refractivity (Wildman–Crippen MR) is 85.0 cm³/mol. The number of nitrogen functional groups attached to an aromatic ring is 1. The molecule has 0 atom stereocenters. The molecule has 3 aromatic rings. The first-order valence-corrected chi connectivity index (χ1v) is 7.92. The lowest BCUT2D eigenvalue weighted by Crippen LogP contribution is -1.92. The van der Waals surface area contributed by atoms with Crippen molar-refractivity contribution in [3.8, 4) is 0 Å². The molecule has 1 aromatic heterocycles. The van der Waals surface area contributed by atoms with E-state index >= 15 is 0 Å². The maximum atomic E-state index is 5.95.